The van der Waals surface area contributed by atoms with E-state index in [4.69, 9.17) is 9.98 Å². The zero-order valence-corrected chi connectivity index (χ0v) is 33.4. The van der Waals surface area contributed by atoms with Crippen molar-refractivity contribution in [3.63, 3.8) is 0 Å². The molecular formula is C54H48N4. The van der Waals surface area contributed by atoms with Crippen molar-refractivity contribution < 1.29 is 0 Å². The van der Waals surface area contributed by atoms with Gasteiger partial charge in [0.1, 0.15) is 12.0 Å². The number of fused-ring (bicyclic) bond motifs is 5. The smallest absolute Gasteiger partial charge is 0.159 e. The lowest BCUT2D eigenvalue weighted by Gasteiger charge is -2.27. The van der Waals surface area contributed by atoms with Crippen LogP contribution in [0.3, 0.4) is 0 Å². The molecule has 4 aliphatic carbocycles. The molecule has 0 radical (unpaired) electrons. The number of rotatable bonds is 6. The molecule has 11 rings (SSSR count). The largest absolute Gasteiger partial charge is 0.344 e. The van der Waals surface area contributed by atoms with E-state index in [1.807, 2.05) is 0 Å². The van der Waals surface area contributed by atoms with Gasteiger partial charge in [-0.15, -0.1) is 0 Å². The van der Waals surface area contributed by atoms with Crippen molar-refractivity contribution in [2.45, 2.75) is 76.8 Å². The van der Waals surface area contributed by atoms with E-state index < -0.39 is 0 Å². The fourth-order valence-electron chi connectivity index (χ4n) is 10.2. The number of hydrogen-bond acceptors (Lipinski definition) is 3. The SMILES string of the molecule is CC1(C)C2=C(CCCC2)c2cc3c(cc21)c1cc(C2=NC(c4ccccc4)NC(c4ccccc4)=N2)ccc1n3-c1cc(C2=CCCC=C2)cc(C2=CCCC=C2)c1. The Labute approximate surface area is 341 Å². The highest BCUT2D eigenvalue weighted by atomic mass is 15.2. The predicted octanol–water partition coefficient (Wildman–Crippen LogP) is 13.4. The summed E-state index contributed by atoms with van der Waals surface area (Å²) in [4.78, 5) is 10.5. The molecule has 0 saturated carbocycles. The minimum atomic E-state index is -0.255. The molecule has 0 bridgehead atoms. The lowest BCUT2D eigenvalue weighted by molar-refractivity contribution is 0.574. The number of aliphatic imine (C=N–C) groups is 2. The van der Waals surface area contributed by atoms with Crippen LogP contribution < -0.4 is 5.32 Å². The zero-order valence-electron chi connectivity index (χ0n) is 33.4. The molecule has 0 fully saturated rings. The van der Waals surface area contributed by atoms with E-state index in [0.29, 0.717) is 0 Å². The summed E-state index contributed by atoms with van der Waals surface area (Å²) < 4.78 is 2.55. The van der Waals surface area contributed by atoms with Crippen LogP contribution in [0.1, 0.15) is 110 Å². The van der Waals surface area contributed by atoms with Crippen LogP contribution in [-0.2, 0) is 5.41 Å². The number of nitrogens with one attached hydrogen (secondary N) is 1. The van der Waals surface area contributed by atoms with E-state index in [-0.39, 0.29) is 11.6 Å². The summed E-state index contributed by atoms with van der Waals surface area (Å²) >= 11 is 0. The van der Waals surface area contributed by atoms with E-state index in [0.717, 1.165) is 54.0 Å². The molecule has 2 heterocycles. The van der Waals surface area contributed by atoms with Gasteiger partial charge in [-0.25, -0.2) is 9.98 Å². The fraction of sp³-hybridized carbons (Fsp3) is 0.222. The molecule has 284 valence electrons. The third-order valence-corrected chi connectivity index (χ3v) is 13.1. The molecule has 5 aromatic carbocycles. The normalized spacial score (nSPS) is 19.7. The van der Waals surface area contributed by atoms with Gasteiger partial charge in [-0.2, -0.15) is 0 Å². The second kappa shape index (κ2) is 14.0. The number of allylic oxidation sites excluding steroid dienone is 10. The van der Waals surface area contributed by atoms with Crippen LogP contribution in [0.5, 0.6) is 0 Å². The first-order valence-corrected chi connectivity index (χ1v) is 21.3. The molecule has 4 heteroatoms. The first kappa shape index (κ1) is 34.9. The Hall–Kier alpha value is -6.26. The maximum atomic E-state index is 5.29. The van der Waals surface area contributed by atoms with Crippen molar-refractivity contribution in [3.8, 4) is 5.69 Å². The highest BCUT2D eigenvalue weighted by molar-refractivity contribution is 6.17. The Morgan fingerprint density at radius 1 is 0.638 bits per heavy atom. The first-order valence-electron chi connectivity index (χ1n) is 21.3. The Kier molecular flexibility index (Phi) is 8.43. The van der Waals surface area contributed by atoms with E-state index in [1.165, 1.54) is 86.6 Å². The molecule has 1 unspecified atom stereocenters. The minimum Gasteiger partial charge on any atom is -0.344 e. The number of nitrogens with zero attached hydrogens (tertiary/aromatic N) is 3. The van der Waals surface area contributed by atoms with Crippen LogP contribution in [0.25, 0.3) is 44.2 Å². The van der Waals surface area contributed by atoms with Gasteiger partial charge in [0.2, 0.25) is 0 Å². The Bertz CT molecular complexity index is 2820. The monoisotopic (exact) mass is 752 g/mol. The average molecular weight is 753 g/mol. The molecule has 0 amide bonds. The highest BCUT2D eigenvalue weighted by Gasteiger charge is 2.39. The van der Waals surface area contributed by atoms with Gasteiger partial charge in [0.05, 0.1) is 11.0 Å². The molecule has 1 aliphatic heterocycles. The second-order valence-corrected chi connectivity index (χ2v) is 17.1. The molecule has 1 N–H and O–H groups in total. The van der Waals surface area contributed by atoms with Crippen molar-refractivity contribution in [1.29, 1.82) is 0 Å². The molecule has 6 aromatic rings. The predicted molar refractivity (Wildman–Crippen MR) is 244 cm³/mol. The Morgan fingerprint density at radius 2 is 1.33 bits per heavy atom. The van der Waals surface area contributed by atoms with Crippen LogP contribution in [0.15, 0.2) is 161 Å². The van der Waals surface area contributed by atoms with Gasteiger partial charge in [0.25, 0.3) is 0 Å². The summed E-state index contributed by atoms with van der Waals surface area (Å²) in [7, 11) is 0. The van der Waals surface area contributed by atoms with E-state index in [1.54, 1.807) is 11.1 Å². The van der Waals surface area contributed by atoms with Crippen LogP contribution in [0.2, 0.25) is 0 Å². The molecule has 1 aromatic heterocycles. The van der Waals surface area contributed by atoms with E-state index in [2.05, 4.69) is 169 Å². The summed E-state index contributed by atoms with van der Waals surface area (Å²) in [5.74, 6) is 1.57. The van der Waals surface area contributed by atoms with Crippen molar-refractivity contribution >= 4 is 50.2 Å². The van der Waals surface area contributed by atoms with Gasteiger partial charge in [0, 0.05) is 33.0 Å². The lowest BCUT2D eigenvalue weighted by Crippen LogP contribution is -2.33. The van der Waals surface area contributed by atoms with Crippen LogP contribution in [0.4, 0.5) is 0 Å². The van der Waals surface area contributed by atoms with E-state index >= 15 is 0 Å². The molecule has 0 saturated heterocycles. The van der Waals surface area contributed by atoms with Gasteiger partial charge in [-0.3, -0.25) is 0 Å². The quantitative estimate of drug-likeness (QED) is 0.181. The lowest BCUT2D eigenvalue weighted by atomic mass is 9.77. The summed E-state index contributed by atoms with van der Waals surface area (Å²) in [6.45, 7) is 4.91. The molecule has 5 aliphatic rings. The molecule has 58 heavy (non-hydrogen) atoms. The summed E-state index contributed by atoms with van der Waals surface area (Å²) in [5, 5.41) is 6.15. The van der Waals surface area contributed by atoms with Crippen LogP contribution in [-0.4, -0.2) is 16.2 Å². The highest BCUT2D eigenvalue weighted by Crippen LogP contribution is 2.53. The zero-order chi connectivity index (χ0) is 38.8. The van der Waals surface area contributed by atoms with Gasteiger partial charge in [-0.1, -0.05) is 117 Å². The van der Waals surface area contributed by atoms with Crippen molar-refractivity contribution in [1.82, 2.24) is 9.88 Å². The maximum Gasteiger partial charge on any atom is 0.159 e. The fourth-order valence-corrected chi connectivity index (χ4v) is 10.2. The number of aromatic nitrogens is 1. The molecule has 1 atom stereocenters. The van der Waals surface area contributed by atoms with Crippen molar-refractivity contribution in [2.24, 2.45) is 9.98 Å². The van der Waals surface area contributed by atoms with Crippen LogP contribution in [0, 0.1) is 0 Å². The molecular weight excluding hydrogens is 705 g/mol. The van der Waals surface area contributed by atoms with Gasteiger partial charge in [0.15, 0.2) is 5.84 Å². The third-order valence-electron chi connectivity index (χ3n) is 13.1. The number of amidine groups is 2. The topological polar surface area (TPSA) is 41.7 Å². The van der Waals surface area contributed by atoms with Gasteiger partial charge in [-0.05, 0) is 144 Å². The number of benzene rings is 5. The molecule has 4 nitrogen and oxygen atoms in total. The molecule has 0 spiro atoms. The van der Waals surface area contributed by atoms with Gasteiger partial charge >= 0.3 is 0 Å². The average Bonchev–Trinajstić information content (AvgIpc) is 3.73. The van der Waals surface area contributed by atoms with Gasteiger partial charge < -0.3 is 9.88 Å². The summed E-state index contributed by atoms with van der Waals surface area (Å²) in [6.07, 6.45) is 23.1. The first-order chi connectivity index (χ1) is 28.5. The third kappa shape index (κ3) is 5.88. The number of hydrogen-bond donors (Lipinski definition) is 1. The maximum absolute atomic E-state index is 5.29. The minimum absolute atomic E-state index is 0.00881. The standard InChI is InChI=1S/C54H48N4/c1-54(2)47-26-16-15-25-43(47)44-34-50-46(33-48(44)54)45-32-39(53-56-51(37-21-11-5-12-22-37)55-52(57-53)38-23-13-6-14-24-38)27-28-49(45)58(50)42-30-40(35-17-7-3-8-18-35)29-41(31-42)36-19-9-4-10-20-36/h5-7,9,11-14,17-24,27-34,51H,3-4,8,10,15-16,25-26H2,1-2H3,(H,55,56,57). The second-order valence-electron chi connectivity index (χ2n) is 17.1. The van der Waals surface area contributed by atoms with Crippen molar-refractivity contribution in [2.75, 3.05) is 0 Å². The Morgan fingerprint density at radius 3 is 2.03 bits per heavy atom. The van der Waals surface area contributed by atoms with Crippen molar-refractivity contribution in [3.05, 3.63) is 190 Å². The summed E-state index contributed by atoms with van der Waals surface area (Å²) in [6, 6.07) is 40.2. The Balaban J connectivity index is 1.16. The summed E-state index contributed by atoms with van der Waals surface area (Å²) in [5.41, 5.74) is 18.1. The van der Waals surface area contributed by atoms with Crippen LogP contribution >= 0.6 is 0 Å². The van der Waals surface area contributed by atoms with E-state index in [9.17, 15) is 0 Å².